The molecule has 0 radical (unpaired) electrons. The summed E-state index contributed by atoms with van der Waals surface area (Å²) >= 11 is 0. The number of nitrogens with zero attached hydrogens (tertiary/aromatic N) is 1. The first-order valence-corrected chi connectivity index (χ1v) is 10.8. The lowest BCUT2D eigenvalue weighted by atomic mass is 9.97. The number of nitrogens with one attached hydrogen (secondary N) is 2. The fraction of sp³-hybridized carbons (Fsp3) is 0.458. The first-order valence-electron chi connectivity index (χ1n) is 10.8. The van der Waals surface area contributed by atoms with Gasteiger partial charge >= 0.3 is 5.97 Å². The van der Waals surface area contributed by atoms with Crippen molar-refractivity contribution in [3.8, 4) is 11.1 Å². The number of esters is 1. The van der Waals surface area contributed by atoms with E-state index in [0.717, 1.165) is 31.5 Å². The molecule has 0 aliphatic carbocycles. The number of ether oxygens (including phenoxy) is 1. The van der Waals surface area contributed by atoms with E-state index >= 15 is 0 Å². The van der Waals surface area contributed by atoms with Crippen LogP contribution in [0.1, 0.15) is 51.9 Å². The molecule has 1 aromatic heterocycles. The highest BCUT2D eigenvalue weighted by Gasteiger charge is 2.34. The van der Waals surface area contributed by atoms with Crippen molar-refractivity contribution >= 4 is 17.7 Å². The number of aromatic nitrogens is 1. The zero-order valence-electron chi connectivity index (χ0n) is 19.0. The molecular formula is C24H32N3O4+. The van der Waals surface area contributed by atoms with Crippen molar-refractivity contribution in [1.29, 1.82) is 0 Å². The van der Waals surface area contributed by atoms with Gasteiger partial charge in [0.15, 0.2) is 0 Å². The van der Waals surface area contributed by atoms with Gasteiger partial charge in [0.2, 0.25) is 0 Å². The fourth-order valence-corrected chi connectivity index (χ4v) is 4.18. The summed E-state index contributed by atoms with van der Waals surface area (Å²) in [6.45, 7) is 7.58. The van der Waals surface area contributed by atoms with E-state index in [4.69, 9.17) is 4.74 Å². The van der Waals surface area contributed by atoms with Crippen LogP contribution in [0.25, 0.3) is 11.1 Å². The topological polar surface area (TPSA) is 83.9 Å². The molecule has 7 heteroatoms. The number of hydrogen-bond donors (Lipinski definition) is 2. The second-order valence-electron chi connectivity index (χ2n) is 8.39. The second kappa shape index (κ2) is 9.47. The first kappa shape index (κ1) is 22.7. The zero-order chi connectivity index (χ0) is 22.7. The predicted molar refractivity (Wildman–Crippen MR) is 118 cm³/mol. The number of benzene rings is 1. The average Bonchev–Trinajstić information content (AvgIpc) is 3.10. The maximum atomic E-state index is 13.3. The van der Waals surface area contributed by atoms with E-state index in [-0.39, 0.29) is 18.3 Å². The molecule has 1 saturated heterocycles. The molecule has 0 bridgehead atoms. The lowest BCUT2D eigenvalue weighted by Crippen LogP contribution is -3.10. The van der Waals surface area contributed by atoms with Gasteiger partial charge in [0.1, 0.15) is 5.69 Å². The molecule has 2 N–H and O–H groups in total. The molecule has 0 saturated carbocycles. The number of carbonyl (C=O) groups excluding carboxylic acids is 3. The number of Topliss-reactive ketones (excluding diaryl/α,β-unsaturated/α-hetero) is 1. The Morgan fingerprint density at radius 3 is 2.32 bits per heavy atom. The Hall–Kier alpha value is -2.93. The number of quaternary nitrogens is 1. The van der Waals surface area contributed by atoms with Crippen molar-refractivity contribution in [2.45, 2.75) is 39.7 Å². The number of piperidine rings is 1. The largest absolute Gasteiger partial charge is 0.462 e. The minimum Gasteiger partial charge on any atom is -0.462 e. The third-order valence-electron chi connectivity index (χ3n) is 6.11. The van der Waals surface area contributed by atoms with E-state index in [2.05, 4.69) is 12.0 Å². The number of aromatic amines is 1. The van der Waals surface area contributed by atoms with Crippen LogP contribution in [-0.2, 0) is 9.53 Å². The smallest absolute Gasteiger partial charge is 0.340 e. The summed E-state index contributed by atoms with van der Waals surface area (Å²) in [5, 5.41) is 0. The van der Waals surface area contributed by atoms with Gasteiger partial charge < -0.3 is 19.5 Å². The van der Waals surface area contributed by atoms with Crippen LogP contribution in [-0.4, -0.2) is 67.4 Å². The van der Waals surface area contributed by atoms with E-state index < -0.39 is 17.7 Å². The highest BCUT2D eigenvalue weighted by molar-refractivity contribution is 6.43. The number of H-pyrrole nitrogens is 1. The summed E-state index contributed by atoms with van der Waals surface area (Å²) in [6.07, 6.45) is 1.73. The fourth-order valence-electron chi connectivity index (χ4n) is 4.18. The summed E-state index contributed by atoms with van der Waals surface area (Å²) in [5.74, 6) is -1.71. The van der Waals surface area contributed by atoms with Crippen molar-refractivity contribution < 1.29 is 24.0 Å². The lowest BCUT2D eigenvalue weighted by molar-refractivity contribution is -0.885. The molecule has 1 amide bonds. The molecule has 1 aromatic carbocycles. The molecule has 166 valence electrons. The number of aryl methyl sites for hydroxylation is 2. The van der Waals surface area contributed by atoms with Crippen LogP contribution in [0.15, 0.2) is 24.3 Å². The molecule has 3 rings (SSSR count). The molecule has 2 heterocycles. The van der Waals surface area contributed by atoms with Gasteiger partial charge in [0, 0.05) is 37.2 Å². The molecule has 2 aromatic rings. The van der Waals surface area contributed by atoms with Crippen molar-refractivity contribution in [3.63, 3.8) is 0 Å². The molecule has 1 fully saturated rings. The van der Waals surface area contributed by atoms with Gasteiger partial charge in [-0.25, -0.2) is 4.79 Å². The number of carbonyl (C=O) groups is 3. The van der Waals surface area contributed by atoms with Crippen molar-refractivity contribution in [2.75, 3.05) is 33.8 Å². The number of hydrogen-bond acceptors (Lipinski definition) is 4. The van der Waals surface area contributed by atoms with Crippen molar-refractivity contribution in [2.24, 2.45) is 0 Å². The molecular weight excluding hydrogens is 394 g/mol. The SMILES string of the molecule is CCOC(=O)c1c(C)[nH]c(C(=O)C(=O)N(C)C2CC[NH+](C)CC2)c1-c1ccc(C)cc1. The maximum Gasteiger partial charge on any atom is 0.340 e. The molecule has 0 unspecified atom stereocenters. The highest BCUT2D eigenvalue weighted by atomic mass is 16.5. The summed E-state index contributed by atoms with van der Waals surface area (Å²) in [6, 6.07) is 7.57. The van der Waals surface area contributed by atoms with Gasteiger partial charge in [-0.05, 0) is 26.3 Å². The average molecular weight is 427 g/mol. The normalized spacial score (nSPS) is 18.5. The van der Waals surface area contributed by atoms with Crippen molar-refractivity contribution in [1.82, 2.24) is 9.88 Å². The van der Waals surface area contributed by atoms with Gasteiger partial charge in [-0.2, -0.15) is 0 Å². The van der Waals surface area contributed by atoms with Gasteiger partial charge in [-0.1, -0.05) is 29.8 Å². The molecule has 0 spiro atoms. The summed E-state index contributed by atoms with van der Waals surface area (Å²) < 4.78 is 5.23. The highest BCUT2D eigenvalue weighted by Crippen LogP contribution is 2.32. The van der Waals surface area contributed by atoms with E-state index in [1.165, 1.54) is 4.90 Å². The number of amides is 1. The van der Waals surface area contributed by atoms with Crippen LogP contribution in [0.2, 0.25) is 0 Å². The Morgan fingerprint density at radius 1 is 1.13 bits per heavy atom. The molecule has 0 atom stereocenters. The van der Waals surface area contributed by atoms with Crippen LogP contribution in [0.4, 0.5) is 0 Å². The predicted octanol–water partition coefficient (Wildman–Crippen LogP) is 1.79. The molecule has 1 aliphatic heterocycles. The van der Waals surface area contributed by atoms with Crippen molar-refractivity contribution in [3.05, 3.63) is 46.8 Å². The quantitative estimate of drug-likeness (QED) is 0.419. The number of rotatable bonds is 6. The third-order valence-corrected chi connectivity index (χ3v) is 6.11. The van der Waals surface area contributed by atoms with E-state index in [1.807, 2.05) is 31.2 Å². The Morgan fingerprint density at radius 2 is 1.74 bits per heavy atom. The van der Waals surface area contributed by atoms with Gasteiger partial charge in [-0.3, -0.25) is 9.59 Å². The summed E-state index contributed by atoms with van der Waals surface area (Å²) in [4.78, 5) is 45.1. The molecule has 31 heavy (non-hydrogen) atoms. The summed E-state index contributed by atoms with van der Waals surface area (Å²) in [5.41, 5.74) is 3.12. The molecule has 1 aliphatic rings. The van der Waals surface area contributed by atoms with Crippen LogP contribution in [0.3, 0.4) is 0 Å². The first-order chi connectivity index (χ1) is 14.7. The Labute approximate surface area is 183 Å². The van der Waals surface area contributed by atoms with Gasteiger partial charge in [0.05, 0.1) is 32.3 Å². The Bertz CT molecular complexity index is 969. The minimum atomic E-state index is -0.636. The Kier molecular flexibility index (Phi) is 6.95. The summed E-state index contributed by atoms with van der Waals surface area (Å²) in [7, 11) is 3.83. The van der Waals surface area contributed by atoms with E-state index in [0.29, 0.717) is 22.4 Å². The zero-order valence-corrected chi connectivity index (χ0v) is 19.0. The second-order valence-corrected chi connectivity index (χ2v) is 8.39. The molecule has 7 nitrogen and oxygen atoms in total. The number of likely N-dealkylation sites (N-methyl/N-ethyl adjacent to an activating group) is 1. The van der Waals surface area contributed by atoms with Gasteiger partial charge in [-0.15, -0.1) is 0 Å². The van der Waals surface area contributed by atoms with Crippen LogP contribution >= 0.6 is 0 Å². The van der Waals surface area contributed by atoms with Crippen LogP contribution in [0, 0.1) is 13.8 Å². The minimum absolute atomic E-state index is 0.0450. The van der Waals surface area contributed by atoms with E-state index in [9.17, 15) is 14.4 Å². The van der Waals surface area contributed by atoms with Crippen LogP contribution in [0.5, 0.6) is 0 Å². The number of likely N-dealkylation sites (tertiary alicyclic amines) is 1. The third kappa shape index (κ3) is 4.71. The number of ketones is 1. The van der Waals surface area contributed by atoms with E-state index in [1.54, 1.807) is 25.8 Å². The van der Waals surface area contributed by atoms with Gasteiger partial charge in [0.25, 0.3) is 11.7 Å². The Balaban J connectivity index is 2.00. The standard InChI is InChI=1S/C24H31N3O4/c1-6-31-24(30)19-16(3)25-21(20(19)17-9-7-15(2)8-10-17)22(28)23(29)27(5)18-11-13-26(4)14-12-18/h7-10,18,25H,6,11-14H2,1-5H3/p+1. The van der Waals surface area contributed by atoms with Crippen LogP contribution < -0.4 is 4.90 Å². The lowest BCUT2D eigenvalue weighted by Gasteiger charge is -2.32. The monoisotopic (exact) mass is 426 g/mol. The maximum absolute atomic E-state index is 13.3.